The first-order valence-electron chi connectivity index (χ1n) is 3.92. The molecule has 0 saturated carbocycles. The van der Waals surface area contributed by atoms with Gasteiger partial charge >= 0.3 is 0 Å². The van der Waals surface area contributed by atoms with Crippen LogP contribution in [-0.4, -0.2) is 5.91 Å². The van der Waals surface area contributed by atoms with Crippen molar-refractivity contribution in [1.82, 2.24) is 0 Å². The molecule has 1 aromatic rings. The Labute approximate surface area is 78.5 Å². The fraction of sp³-hybridized carbons (Fsp3) is 0.222. The second kappa shape index (κ2) is 4.13. The third-order valence-electron chi connectivity index (χ3n) is 1.73. The molecule has 0 aromatic heterocycles. The van der Waals surface area contributed by atoms with Gasteiger partial charge in [0.05, 0.1) is 0 Å². The molecule has 0 heterocycles. The Morgan fingerprint density at radius 1 is 1.21 bits per heavy atom. The van der Waals surface area contributed by atoms with Crippen molar-refractivity contribution >= 4 is 5.91 Å². The summed E-state index contributed by atoms with van der Waals surface area (Å²) in [5.41, 5.74) is 4.50. The van der Waals surface area contributed by atoms with Gasteiger partial charge in [0, 0.05) is 24.1 Å². The van der Waals surface area contributed by atoms with Gasteiger partial charge in [0.25, 0.3) is 0 Å². The SMILES string of the molecule is NC(=O)CCc1c(F)cc(F)cc1F. The Bertz CT molecular complexity index is 342. The number of halogens is 3. The maximum absolute atomic E-state index is 12.9. The van der Waals surface area contributed by atoms with E-state index in [1.54, 1.807) is 0 Å². The van der Waals surface area contributed by atoms with Crippen LogP contribution in [-0.2, 0) is 11.2 Å². The molecule has 0 bridgehead atoms. The van der Waals surface area contributed by atoms with Crippen molar-refractivity contribution in [3.8, 4) is 0 Å². The van der Waals surface area contributed by atoms with Gasteiger partial charge in [-0.15, -0.1) is 0 Å². The van der Waals surface area contributed by atoms with E-state index in [1.165, 1.54) is 0 Å². The minimum Gasteiger partial charge on any atom is -0.370 e. The lowest BCUT2D eigenvalue weighted by Crippen LogP contribution is -2.12. The molecule has 2 nitrogen and oxygen atoms in total. The Hall–Kier alpha value is -1.52. The first kappa shape index (κ1) is 10.6. The molecular formula is C9H8F3NO. The van der Waals surface area contributed by atoms with Crippen molar-refractivity contribution in [3.05, 3.63) is 35.1 Å². The number of carbonyl (C=O) groups is 1. The second-order valence-electron chi connectivity index (χ2n) is 2.81. The van der Waals surface area contributed by atoms with Gasteiger partial charge in [-0.2, -0.15) is 0 Å². The number of carbonyl (C=O) groups excluding carboxylic acids is 1. The van der Waals surface area contributed by atoms with E-state index in [2.05, 4.69) is 0 Å². The minimum atomic E-state index is -0.997. The highest BCUT2D eigenvalue weighted by Gasteiger charge is 2.11. The number of rotatable bonds is 3. The van der Waals surface area contributed by atoms with Crippen LogP contribution in [0.5, 0.6) is 0 Å². The largest absolute Gasteiger partial charge is 0.370 e. The van der Waals surface area contributed by atoms with E-state index in [1.807, 2.05) is 0 Å². The van der Waals surface area contributed by atoms with Gasteiger partial charge in [-0.05, 0) is 6.42 Å². The van der Waals surface area contributed by atoms with Crippen LogP contribution in [0.4, 0.5) is 13.2 Å². The van der Waals surface area contributed by atoms with Crippen LogP contribution < -0.4 is 5.73 Å². The van der Waals surface area contributed by atoms with Gasteiger partial charge in [-0.1, -0.05) is 0 Å². The maximum atomic E-state index is 12.9. The van der Waals surface area contributed by atoms with Crippen LogP contribution in [0.3, 0.4) is 0 Å². The molecule has 0 atom stereocenters. The predicted octanol–water partition coefficient (Wildman–Crippen LogP) is 1.52. The topological polar surface area (TPSA) is 43.1 Å². The van der Waals surface area contributed by atoms with Gasteiger partial charge in [0.15, 0.2) is 0 Å². The van der Waals surface area contributed by atoms with Crippen molar-refractivity contribution in [1.29, 1.82) is 0 Å². The van der Waals surface area contributed by atoms with Crippen molar-refractivity contribution in [2.45, 2.75) is 12.8 Å². The van der Waals surface area contributed by atoms with Crippen molar-refractivity contribution in [2.75, 3.05) is 0 Å². The van der Waals surface area contributed by atoms with Crippen LogP contribution in [0.15, 0.2) is 12.1 Å². The van der Waals surface area contributed by atoms with Crippen LogP contribution in [0.1, 0.15) is 12.0 Å². The summed E-state index contributed by atoms with van der Waals surface area (Å²) in [5, 5.41) is 0. The first-order chi connectivity index (χ1) is 6.50. The molecular weight excluding hydrogens is 195 g/mol. The molecule has 0 fully saturated rings. The molecule has 0 spiro atoms. The van der Waals surface area contributed by atoms with E-state index in [0.29, 0.717) is 12.1 Å². The fourth-order valence-electron chi connectivity index (χ4n) is 1.06. The molecule has 1 aromatic carbocycles. The highest BCUT2D eigenvalue weighted by Crippen LogP contribution is 2.16. The van der Waals surface area contributed by atoms with Gasteiger partial charge in [-0.25, -0.2) is 13.2 Å². The predicted molar refractivity (Wildman–Crippen MR) is 43.8 cm³/mol. The Balaban J connectivity index is 2.91. The summed E-state index contributed by atoms with van der Waals surface area (Å²) in [6.45, 7) is 0. The molecule has 1 amide bonds. The molecule has 0 aliphatic carbocycles. The number of hydrogen-bond donors (Lipinski definition) is 1. The smallest absolute Gasteiger partial charge is 0.217 e. The summed E-state index contributed by atoms with van der Waals surface area (Å²) in [6, 6.07) is 1.14. The molecule has 0 aliphatic heterocycles. The highest BCUT2D eigenvalue weighted by atomic mass is 19.1. The van der Waals surface area contributed by atoms with Crippen molar-refractivity contribution < 1.29 is 18.0 Å². The molecule has 14 heavy (non-hydrogen) atoms. The molecule has 76 valence electrons. The highest BCUT2D eigenvalue weighted by molar-refractivity contribution is 5.74. The minimum absolute atomic E-state index is 0.159. The lowest BCUT2D eigenvalue weighted by atomic mass is 10.1. The molecule has 0 aliphatic rings. The van der Waals surface area contributed by atoms with E-state index >= 15 is 0 Å². The number of nitrogens with two attached hydrogens (primary N) is 1. The number of primary amides is 1. The molecule has 1 rings (SSSR count). The van der Waals surface area contributed by atoms with Gasteiger partial charge in [0.1, 0.15) is 17.5 Å². The zero-order chi connectivity index (χ0) is 10.7. The quantitative estimate of drug-likeness (QED) is 0.795. The number of amides is 1. The average molecular weight is 203 g/mol. The second-order valence-corrected chi connectivity index (χ2v) is 2.81. The lowest BCUT2D eigenvalue weighted by molar-refractivity contribution is -0.118. The van der Waals surface area contributed by atoms with E-state index in [-0.39, 0.29) is 18.4 Å². The van der Waals surface area contributed by atoms with Crippen LogP contribution in [0.2, 0.25) is 0 Å². The van der Waals surface area contributed by atoms with Crippen LogP contribution in [0.25, 0.3) is 0 Å². The van der Waals surface area contributed by atoms with E-state index in [9.17, 15) is 18.0 Å². The summed E-state index contributed by atoms with van der Waals surface area (Å²) < 4.78 is 38.3. The molecule has 0 radical (unpaired) electrons. The summed E-state index contributed by atoms with van der Waals surface area (Å²) >= 11 is 0. The van der Waals surface area contributed by atoms with E-state index in [4.69, 9.17) is 5.73 Å². The Kier molecular flexibility index (Phi) is 3.11. The maximum Gasteiger partial charge on any atom is 0.217 e. The monoisotopic (exact) mass is 203 g/mol. The van der Waals surface area contributed by atoms with Crippen molar-refractivity contribution in [3.63, 3.8) is 0 Å². The van der Waals surface area contributed by atoms with Crippen LogP contribution in [0, 0.1) is 17.5 Å². The Morgan fingerprint density at radius 2 is 1.71 bits per heavy atom. The normalized spacial score (nSPS) is 10.2. The first-order valence-corrected chi connectivity index (χ1v) is 3.92. The summed E-state index contributed by atoms with van der Waals surface area (Å²) in [5.74, 6) is -3.64. The van der Waals surface area contributed by atoms with Gasteiger partial charge in [0.2, 0.25) is 5.91 Å². The zero-order valence-electron chi connectivity index (χ0n) is 7.19. The fourth-order valence-corrected chi connectivity index (χ4v) is 1.06. The molecule has 5 heteroatoms. The number of hydrogen-bond acceptors (Lipinski definition) is 1. The summed E-state index contributed by atoms with van der Waals surface area (Å²) in [4.78, 5) is 10.4. The molecule has 0 unspecified atom stereocenters. The zero-order valence-corrected chi connectivity index (χ0v) is 7.19. The van der Waals surface area contributed by atoms with Gasteiger partial charge in [-0.3, -0.25) is 4.79 Å². The van der Waals surface area contributed by atoms with Gasteiger partial charge < -0.3 is 5.73 Å². The third kappa shape index (κ3) is 2.48. The van der Waals surface area contributed by atoms with Crippen LogP contribution >= 0.6 is 0 Å². The van der Waals surface area contributed by atoms with Crippen molar-refractivity contribution in [2.24, 2.45) is 5.73 Å². The summed E-state index contributed by atoms with van der Waals surface area (Å²) in [7, 11) is 0. The lowest BCUT2D eigenvalue weighted by Gasteiger charge is -2.03. The third-order valence-corrected chi connectivity index (χ3v) is 1.73. The summed E-state index contributed by atoms with van der Waals surface area (Å²) in [6.07, 6.45) is -0.327. The Morgan fingerprint density at radius 3 is 2.14 bits per heavy atom. The van der Waals surface area contributed by atoms with E-state index in [0.717, 1.165) is 0 Å². The molecule has 2 N–H and O–H groups in total. The van der Waals surface area contributed by atoms with E-state index < -0.39 is 23.4 Å². The number of benzene rings is 1. The molecule has 0 saturated heterocycles. The standard InChI is InChI=1S/C9H8F3NO/c10-5-3-7(11)6(8(12)4-5)1-2-9(13)14/h3-4H,1-2H2,(H2,13,14). The average Bonchev–Trinajstić information content (AvgIpc) is 2.01.